The van der Waals surface area contributed by atoms with Gasteiger partial charge in [-0.25, -0.2) is 4.79 Å². The maximum absolute atomic E-state index is 11.3. The Morgan fingerprint density at radius 1 is 1.32 bits per heavy atom. The summed E-state index contributed by atoms with van der Waals surface area (Å²) in [6.45, 7) is 3.40. The molecular formula is C13H11IN2O3. The van der Waals surface area contributed by atoms with E-state index in [4.69, 9.17) is 4.74 Å². The van der Waals surface area contributed by atoms with Crippen LogP contribution in [0.2, 0.25) is 0 Å². The summed E-state index contributed by atoms with van der Waals surface area (Å²) in [7, 11) is 0. The van der Waals surface area contributed by atoms with Crippen molar-refractivity contribution in [1.29, 1.82) is 0 Å². The Morgan fingerprint density at radius 2 is 2.05 bits per heavy atom. The summed E-state index contributed by atoms with van der Waals surface area (Å²) in [6, 6.07) is 7.28. The quantitative estimate of drug-likeness (QED) is 0.841. The van der Waals surface area contributed by atoms with Crippen LogP contribution in [0.5, 0.6) is 11.6 Å². The second-order valence-electron chi connectivity index (χ2n) is 3.96. The van der Waals surface area contributed by atoms with Gasteiger partial charge in [0.05, 0.1) is 5.69 Å². The lowest BCUT2D eigenvalue weighted by Crippen LogP contribution is -2.08. The number of hydrogen-bond donors (Lipinski definition) is 1. The van der Waals surface area contributed by atoms with Crippen LogP contribution >= 0.6 is 22.6 Å². The number of carbonyl (C=O) groups is 1. The summed E-state index contributed by atoms with van der Waals surface area (Å²) in [5.74, 6) is -0.527. The Hall–Kier alpha value is -1.70. The first kappa shape index (κ1) is 13.7. The van der Waals surface area contributed by atoms with Gasteiger partial charge < -0.3 is 9.84 Å². The van der Waals surface area contributed by atoms with Crippen molar-refractivity contribution < 1.29 is 14.6 Å². The predicted molar refractivity (Wildman–Crippen MR) is 77.7 cm³/mol. The van der Waals surface area contributed by atoms with Crippen molar-refractivity contribution in [3.63, 3.8) is 0 Å². The fourth-order valence-corrected chi connectivity index (χ4v) is 2.07. The monoisotopic (exact) mass is 370 g/mol. The Labute approximate surface area is 123 Å². The van der Waals surface area contributed by atoms with Crippen LogP contribution in [0.1, 0.15) is 21.6 Å². The minimum absolute atomic E-state index is 0.0117. The molecule has 0 aliphatic rings. The Kier molecular flexibility index (Phi) is 3.98. The molecule has 0 fully saturated rings. The largest absolute Gasteiger partial charge is 0.477 e. The number of benzene rings is 1. The molecule has 2 aromatic rings. The zero-order valence-electron chi connectivity index (χ0n) is 10.3. The number of aryl methyl sites for hydroxylation is 1. The number of carboxylic acids is 1. The zero-order chi connectivity index (χ0) is 14.0. The van der Waals surface area contributed by atoms with Gasteiger partial charge in [-0.3, -0.25) is 0 Å². The first-order valence-electron chi connectivity index (χ1n) is 5.49. The van der Waals surface area contributed by atoms with Crippen molar-refractivity contribution in [2.45, 2.75) is 13.8 Å². The molecule has 0 unspecified atom stereocenters. The third kappa shape index (κ3) is 3.01. The van der Waals surface area contributed by atoms with Crippen molar-refractivity contribution in [3.05, 3.63) is 44.7 Å². The van der Waals surface area contributed by atoms with E-state index in [0.29, 0.717) is 17.0 Å². The SMILES string of the molecule is Cc1nnc(Oc2cccc(I)c2)c(C(=O)O)c1C. The molecule has 0 radical (unpaired) electrons. The molecule has 5 nitrogen and oxygen atoms in total. The topological polar surface area (TPSA) is 72.3 Å². The van der Waals surface area contributed by atoms with E-state index >= 15 is 0 Å². The number of aromatic nitrogens is 2. The number of hydrogen-bond acceptors (Lipinski definition) is 4. The third-order valence-electron chi connectivity index (χ3n) is 2.65. The molecule has 19 heavy (non-hydrogen) atoms. The molecular weight excluding hydrogens is 359 g/mol. The van der Waals surface area contributed by atoms with Gasteiger partial charge in [0.15, 0.2) is 0 Å². The summed E-state index contributed by atoms with van der Waals surface area (Å²) in [6.07, 6.45) is 0. The van der Waals surface area contributed by atoms with E-state index in [2.05, 4.69) is 32.8 Å². The van der Waals surface area contributed by atoms with Gasteiger partial charge in [-0.1, -0.05) is 6.07 Å². The average molecular weight is 370 g/mol. The minimum atomic E-state index is -1.07. The van der Waals surface area contributed by atoms with Gasteiger partial charge in [0.2, 0.25) is 0 Å². The van der Waals surface area contributed by atoms with Gasteiger partial charge in [-0.05, 0) is 60.2 Å². The minimum Gasteiger partial charge on any atom is -0.477 e. The first-order chi connectivity index (χ1) is 8.99. The number of aromatic carboxylic acids is 1. The fourth-order valence-electron chi connectivity index (χ4n) is 1.55. The highest BCUT2D eigenvalue weighted by atomic mass is 127. The molecule has 1 heterocycles. The first-order valence-corrected chi connectivity index (χ1v) is 6.57. The molecule has 6 heteroatoms. The predicted octanol–water partition coefficient (Wildman–Crippen LogP) is 3.19. The third-order valence-corrected chi connectivity index (χ3v) is 3.32. The Morgan fingerprint density at radius 3 is 2.68 bits per heavy atom. The molecule has 2 rings (SSSR count). The summed E-state index contributed by atoms with van der Waals surface area (Å²) in [5, 5.41) is 17.0. The number of halogens is 1. The van der Waals surface area contributed by atoms with Gasteiger partial charge >= 0.3 is 5.97 Å². The molecule has 0 amide bonds. The molecule has 1 N–H and O–H groups in total. The molecule has 0 atom stereocenters. The summed E-state index contributed by atoms with van der Waals surface area (Å²) >= 11 is 2.15. The molecule has 0 aliphatic carbocycles. The molecule has 98 valence electrons. The van der Waals surface area contributed by atoms with Crippen molar-refractivity contribution in [1.82, 2.24) is 10.2 Å². The lowest BCUT2D eigenvalue weighted by Gasteiger charge is -2.10. The highest BCUT2D eigenvalue weighted by molar-refractivity contribution is 14.1. The number of carboxylic acid groups (broad SMARTS) is 1. The van der Waals surface area contributed by atoms with Crippen LogP contribution < -0.4 is 4.74 Å². The fraction of sp³-hybridized carbons (Fsp3) is 0.154. The van der Waals surface area contributed by atoms with Crippen LogP contribution in [0.4, 0.5) is 0 Å². The summed E-state index contributed by atoms with van der Waals surface area (Å²) in [5.41, 5.74) is 1.18. The highest BCUT2D eigenvalue weighted by Gasteiger charge is 2.19. The second kappa shape index (κ2) is 5.52. The van der Waals surface area contributed by atoms with Crippen LogP contribution in [-0.2, 0) is 0 Å². The van der Waals surface area contributed by atoms with Gasteiger partial charge in [0.25, 0.3) is 5.88 Å². The smallest absolute Gasteiger partial charge is 0.341 e. The van der Waals surface area contributed by atoms with E-state index in [0.717, 1.165) is 3.57 Å². The van der Waals surface area contributed by atoms with E-state index < -0.39 is 5.97 Å². The normalized spacial score (nSPS) is 10.3. The average Bonchev–Trinajstić information content (AvgIpc) is 2.33. The van der Waals surface area contributed by atoms with Gasteiger partial charge in [0.1, 0.15) is 11.3 Å². The van der Waals surface area contributed by atoms with E-state index in [9.17, 15) is 9.90 Å². The zero-order valence-corrected chi connectivity index (χ0v) is 12.5. The lowest BCUT2D eigenvalue weighted by atomic mass is 10.1. The van der Waals surface area contributed by atoms with Crippen LogP contribution in [0.3, 0.4) is 0 Å². The van der Waals surface area contributed by atoms with Crippen molar-refractivity contribution in [3.8, 4) is 11.6 Å². The van der Waals surface area contributed by atoms with Gasteiger partial charge in [-0.15, -0.1) is 5.10 Å². The van der Waals surface area contributed by atoms with E-state index in [1.54, 1.807) is 26.0 Å². The molecule has 0 bridgehead atoms. The molecule has 0 aliphatic heterocycles. The molecule has 0 saturated carbocycles. The van der Waals surface area contributed by atoms with Crippen molar-refractivity contribution >= 4 is 28.6 Å². The molecule has 1 aromatic carbocycles. The van der Waals surface area contributed by atoms with Crippen LogP contribution in [-0.4, -0.2) is 21.3 Å². The number of ether oxygens (including phenoxy) is 1. The maximum atomic E-state index is 11.3. The van der Waals surface area contributed by atoms with E-state index in [1.165, 1.54) is 0 Å². The van der Waals surface area contributed by atoms with E-state index in [1.807, 2.05) is 12.1 Å². The highest BCUT2D eigenvalue weighted by Crippen LogP contribution is 2.26. The second-order valence-corrected chi connectivity index (χ2v) is 5.20. The van der Waals surface area contributed by atoms with Gasteiger partial charge in [-0.2, -0.15) is 5.10 Å². The Bertz CT molecular complexity index is 644. The van der Waals surface area contributed by atoms with E-state index in [-0.39, 0.29) is 11.4 Å². The number of nitrogens with zero attached hydrogens (tertiary/aromatic N) is 2. The Balaban J connectivity index is 2.46. The number of rotatable bonds is 3. The molecule has 1 aromatic heterocycles. The molecule has 0 saturated heterocycles. The summed E-state index contributed by atoms with van der Waals surface area (Å²) < 4.78 is 6.52. The van der Waals surface area contributed by atoms with Crippen molar-refractivity contribution in [2.24, 2.45) is 0 Å². The van der Waals surface area contributed by atoms with Crippen molar-refractivity contribution in [2.75, 3.05) is 0 Å². The van der Waals surface area contributed by atoms with Crippen LogP contribution in [0.25, 0.3) is 0 Å². The van der Waals surface area contributed by atoms with Crippen LogP contribution in [0, 0.1) is 17.4 Å². The van der Waals surface area contributed by atoms with Crippen LogP contribution in [0.15, 0.2) is 24.3 Å². The maximum Gasteiger partial charge on any atom is 0.341 e. The lowest BCUT2D eigenvalue weighted by molar-refractivity contribution is 0.0692. The molecule has 0 spiro atoms. The van der Waals surface area contributed by atoms with Gasteiger partial charge in [0, 0.05) is 3.57 Å². The standard InChI is InChI=1S/C13H11IN2O3/c1-7-8(2)15-16-12(11(7)13(17)18)19-10-5-3-4-9(14)6-10/h3-6H,1-2H3,(H,17,18). The summed E-state index contributed by atoms with van der Waals surface area (Å²) in [4.78, 5) is 11.3.